The Morgan fingerprint density at radius 1 is 0.893 bits per heavy atom. The summed E-state index contributed by atoms with van der Waals surface area (Å²) >= 11 is 0. The molecule has 144 valence electrons. The van der Waals surface area contributed by atoms with Crippen LogP contribution < -0.4 is 19.3 Å². The van der Waals surface area contributed by atoms with Crippen LogP contribution in [0.4, 0.5) is 11.5 Å². The number of rotatable bonds is 5. The zero-order valence-corrected chi connectivity index (χ0v) is 16.1. The number of hydrogen-bond acceptors (Lipinski definition) is 6. The number of fused-ring (bicyclic) bond motifs is 1. The van der Waals surface area contributed by atoms with Crippen molar-refractivity contribution in [3.63, 3.8) is 0 Å². The number of carbonyl (C=O) groups is 1. The van der Waals surface area contributed by atoms with Crippen molar-refractivity contribution in [3.8, 4) is 11.5 Å². The molecular weight excluding hydrogens is 354 g/mol. The van der Waals surface area contributed by atoms with Gasteiger partial charge in [0.15, 0.2) is 6.29 Å². The average Bonchev–Trinajstić information content (AvgIpc) is 2.78. The molecule has 0 aliphatic carbocycles. The molecule has 1 saturated heterocycles. The Kier molecular flexibility index (Phi) is 5.02. The van der Waals surface area contributed by atoms with E-state index in [0.29, 0.717) is 5.69 Å². The summed E-state index contributed by atoms with van der Waals surface area (Å²) in [5.41, 5.74) is 1.57. The van der Waals surface area contributed by atoms with Crippen LogP contribution in [0.2, 0.25) is 0 Å². The fourth-order valence-electron chi connectivity index (χ4n) is 3.63. The van der Waals surface area contributed by atoms with E-state index in [1.807, 2.05) is 42.5 Å². The number of aldehydes is 1. The third-order valence-corrected chi connectivity index (χ3v) is 5.17. The number of aromatic nitrogens is 1. The highest BCUT2D eigenvalue weighted by Crippen LogP contribution is 2.30. The van der Waals surface area contributed by atoms with E-state index < -0.39 is 0 Å². The lowest BCUT2D eigenvalue weighted by Gasteiger charge is -2.37. The molecule has 6 nitrogen and oxygen atoms in total. The SMILES string of the molecule is COc1cc(OC)cc(N2CCN(c3cc4ccccc4c(C=O)n3)CC2)c1. The zero-order chi connectivity index (χ0) is 19.5. The Bertz CT molecular complexity index is 975. The molecule has 3 aromatic rings. The topological polar surface area (TPSA) is 54.9 Å². The fourth-order valence-corrected chi connectivity index (χ4v) is 3.63. The molecule has 0 bridgehead atoms. The minimum Gasteiger partial charge on any atom is -0.497 e. The first-order valence-electron chi connectivity index (χ1n) is 9.30. The first-order valence-corrected chi connectivity index (χ1v) is 9.30. The van der Waals surface area contributed by atoms with Crippen LogP contribution >= 0.6 is 0 Å². The molecule has 1 aromatic heterocycles. The monoisotopic (exact) mass is 377 g/mol. The highest BCUT2D eigenvalue weighted by atomic mass is 16.5. The fraction of sp³-hybridized carbons (Fsp3) is 0.273. The molecule has 0 unspecified atom stereocenters. The predicted molar refractivity (Wildman–Crippen MR) is 111 cm³/mol. The maximum atomic E-state index is 11.5. The van der Waals surface area contributed by atoms with Crippen LogP contribution in [0.5, 0.6) is 11.5 Å². The van der Waals surface area contributed by atoms with Gasteiger partial charge in [-0.05, 0) is 11.5 Å². The number of hydrogen-bond donors (Lipinski definition) is 0. The van der Waals surface area contributed by atoms with E-state index in [0.717, 1.165) is 66.2 Å². The Balaban J connectivity index is 1.55. The molecule has 0 atom stereocenters. The van der Waals surface area contributed by atoms with Crippen LogP contribution in [0.1, 0.15) is 10.5 Å². The van der Waals surface area contributed by atoms with Crippen LogP contribution in [-0.2, 0) is 0 Å². The largest absolute Gasteiger partial charge is 0.497 e. The van der Waals surface area contributed by atoms with Crippen LogP contribution in [-0.4, -0.2) is 51.7 Å². The summed E-state index contributed by atoms with van der Waals surface area (Å²) < 4.78 is 10.8. The third-order valence-electron chi connectivity index (χ3n) is 5.17. The number of benzene rings is 2. The summed E-state index contributed by atoms with van der Waals surface area (Å²) in [7, 11) is 3.32. The minimum absolute atomic E-state index is 0.494. The number of ether oxygens (including phenoxy) is 2. The second-order valence-corrected chi connectivity index (χ2v) is 6.75. The quantitative estimate of drug-likeness (QED) is 0.636. The van der Waals surface area contributed by atoms with E-state index in [2.05, 4.69) is 20.9 Å². The molecule has 2 aromatic carbocycles. The van der Waals surface area contributed by atoms with Gasteiger partial charge in [0.2, 0.25) is 0 Å². The summed E-state index contributed by atoms with van der Waals surface area (Å²) in [4.78, 5) is 20.6. The highest BCUT2D eigenvalue weighted by molar-refractivity contribution is 5.97. The van der Waals surface area contributed by atoms with Gasteiger partial charge in [0.25, 0.3) is 0 Å². The number of piperazine rings is 1. The van der Waals surface area contributed by atoms with Gasteiger partial charge in [0.1, 0.15) is 23.0 Å². The Morgan fingerprint density at radius 2 is 1.54 bits per heavy atom. The molecule has 4 rings (SSSR count). The Labute approximate surface area is 164 Å². The van der Waals surface area contributed by atoms with Crippen molar-refractivity contribution in [2.75, 3.05) is 50.2 Å². The second kappa shape index (κ2) is 7.76. The standard InChI is InChI=1S/C22H23N3O3/c1-27-18-12-17(13-19(14-18)28-2)24-7-9-25(10-8-24)22-11-16-5-3-4-6-20(16)21(15-26)23-22/h3-6,11-15H,7-10H2,1-2H3. The maximum absolute atomic E-state index is 11.5. The molecule has 0 N–H and O–H groups in total. The summed E-state index contributed by atoms with van der Waals surface area (Å²) in [6.07, 6.45) is 0.838. The van der Waals surface area contributed by atoms with Crippen molar-refractivity contribution in [2.45, 2.75) is 0 Å². The molecular formula is C22H23N3O3. The van der Waals surface area contributed by atoms with Crippen molar-refractivity contribution in [3.05, 3.63) is 54.2 Å². The van der Waals surface area contributed by atoms with Gasteiger partial charge in [0.05, 0.1) is 14.2 Å². The van der Waals surface area contributed by atoms with Gasteiger partial charge in [-0.3, -0.25) is 4.79 Å². The normalized spacial score (nSPS) is 14.2. The van der Waals surface area contributed by atoms with Gasteiger partial charge < -0.3 is 19.3 Å². The molecule has 0 radical (unpaired) electrons. The molecule has 1 fully saturated rings. The Hall–Kier alpha value is -3.28. The number of carbonyl (C=O) groups excluding carboxylic acids is 1. The molecule has 0 spiro atoms. The predicted octanol–water partition coefficient (Wildman–Crippen LogP) is 3.39. The summed E-state index contributed by atoms with van der Waals surface area (Å²) in [6.45, 7) is 3.34. The summed E-state index contributed by atoms with van der Waals surface area (Å²) in [5, 5.41) is 1.93. The first kappa shape index (κ1) is 18.1. The van der Waals surface area contributed by atoms with Gasteiger partial charge in [-0.15, -0.1) is 0 Å². The van der Waals surface area contributed by atoms with E-state index in [-0.39, 0.29) is 0 Å². The maximum Gasteiger partial charge on any atom is 0.169 e. The average molecular weight is 377 g/mol. The van der Waals surface area contributed by atoms with Gasteiger partial charge in [-0.25, -0.2) is 4.98 Å². The first-order chi connectivity index (χ1) is 13.7. The van der Waals surface area contributed by atoms with Gasteiger partial charge in [-0.1, -0.05) is 24.3 Å². The van der Waals surface area contributed by atoms with Gasteiger partial charge >= 0.3 is 0 Å². The lowest BCUT2D eigenvalue weighted by Crippen LogP contribution is -2.46. The lowest BCUT2D eigenvalue weighted by molar-refractivity contribution is 0.112. The molecule has 0 amide bonds. The van der Waals surface area contributed by atoms with Gasteiger partial charge in [-0.2, -0.15) is 0 Å². The third kappa shape index (κ3) is 3.45. The molecule has 28 heavy (non-hydrogen) atoms. The van der Waals surface area contributed by atoms with Crippen molar-refractivity contribution >= 4 is 28.6 Å². The number of nitrogens with zero attached hydrogens (tertiary/aromatic N) is 3. The van der Waals surface area contributed by atoms with E-state index in [1.54, 1.807) is 14.2 Å². The minimum atomic E-state index is 0.494. The Morgan fingerprint density at radius 3 is 2.18 bits per heavy atom. The van der Waals surface area contributed by atoms with E-state index in [4.69, 9.17) is 9.47 Å². The van der Waals surface area contributed by atoms with E-state index in [9.17, 15) is 4.79 Å². The molecule has 2 heterocycles. The van der Waals surface area contributed by atoms with Crippen molar-refractivity contribution in [1.82, 2.24) is 4.98 Å². The van der Waals surface area contributed by atoms with Crippen LogP contribution in [0.25, 0.3) is 10.8 Å². The van der Waals surface area contributed by atoms with Crippen LogP contribution in [0.3, 0.4) is 0 Å². The van der Waals surface area contributed by atoms with Crippen LogP contribution in [0.15, 0.2) is 48.5 Å². The summed E-state index contributed by atoms with van der Waals surface area (Å²) in [6, 6.07) is 15.9. The van der Waals surface area contributed by atoms with Crippen molar-refractivity contribution in [1.29, 1.82) is 0 Å². The van der Waals surface area contributed by atoms with E-state index >= 15 is 0 Å². The van der Waals surface area contributed by atoms with Crippen molar-refractivity contribution in [2.24, 2.45) is 0 Å². The van der Waals surface area contributed by atoms with Crippen molar-refractivity contribution < 1.29 is 14.3 Å². The van der Waals surface area contributed by atoms with Crippen LogP contribution in [0, 0.1) is 0 Å². The number of pyridine rings is 1. The smallest absolute Gasteiger partial charge is 0.169 e. The molecule has 1 aliphatic rings. The molecule has 1 aliphatic heterocycles. The van der Waals surface area contributed by atoms with Gasteiger partial charge in [0, 0.05) is 55.5 Å². The highest BCUT2D eigenvalue weighted by Gasteiger charge is 2.20. The lowest BCUT2D eigenvalue weighted by atomic mass is 10.1. The second-order valence-electron chi connectivity index (χ2n) is 6.75. The zero-order valence-electron chi connectivity index (χ0n) is 16.1. The number of methoxy groups -OCH3 is 2. The van der Waals surface area contributed by atoms with E-state index in [1.165, 1.54) is 0 Å². The summed E-state index contributed by atoms with van der Waals surface area (Å²) in [5.74, 6) is 2.41. The number of anilines is 2. The molecule has 6 heteroatoms. The molecule has 0 saturated carbocycles.